The molecule has 9 nitrogen and oxygen atoms in total. The van der Waals surface area contributed by atoms with Gasteiger partial charge in [0.1, 0.15) is 0 Å². The highest BCUT2D eigenvalue weighted by Crippen LogP contribution is 2.30. The molecule has 162 valence electrons. The van der Waals surface area contributed by atoms with Gasteiger partial charge >= 0.3 is 0 Å². The van der Waals surface area contributed by atoms with E-state index in [1.54, 1.807) is 30.8 Å². The molecule has 3 heterocycles. The summed E-state index contributed by atoms with van der Waals surface area (Å²) in [7, 11) is -1.89. The smallest absolute Gasteiger partial charge is 0.267 e. The molecule has 31 heavy (non-hydrogen) atoms. The van der Waals surface area contributed by atoms with Crippen LogP contribution in [0.25, 0.3) is 11.0 Å². The van der Waals surface area contributed by atoms with E-state index in [1.165, 1.54) is 28.3 Å². The first-order valence-corrected chi connectivity index (χ1v) is 11.8. The number of rotatable bonds is 3. The third-order valence-electron chi connectivity index (χ3n) is 5.21. The molecule has 0 saturated carbocycles. The molecule has 1 aromatic carbocycles. The first-order valence-electron chi connectivity index (χ1n) is 9.51. The van der Waals surface area contributed by atoms with Crippen LogP contribution in [0, 0.1) is 6.92 Å². The second-order valence-electron chi connectivity index (χ2n) is 7.37. The molecule has 3 aromatic rings. The van der Waals surface area contributed by atoms with Gasteiger partial charge in [0.15, 0.2) is 15.5 Å². The van der Waals surface area contributed by atoms with Crippen LogP contribution < -0.4 is 0 Å². The minimum Gasteiger partial charge on any atom is -0.267 e. The molecule has 0 N–H and O–H groups in total. The Morgan fingerprint density at radius 3 is 2.32 bits per heavy atom. The monoisotopic (exact) mass is 461 g/mol. The minimum atomic E-state index is -3.62. The lowest BCUT2D eigenvalue weighted by Gasteiger charge is -2.28. The number of sulfone groups is 1. The number of hydrogen-bond donors (Lipinski definition) is 0. The second kappa shape index (κ2) is 7.61. The van der Waals surface area contributed by atoms with Crippen molar-refractivity contribution in [1.29, 1.82) is 0 Å². The van der Waals surface area contributed by atoms with E-state index < -0.39 is 21.7 Å². The summed E-state index contributed by atoms with van der Waals surface area (Å²) in [5.41, 5.74) is 1.37. The lowest BCUT2D eigenvalue weighted by molar-refractivity contribution is 0.0183. The number of pyridine rings is 1. The summed E-state index contributed by atoms with van der Waals surface area (Å²) < 4.78 is 25.8. The zero-order valence-electron chi connectivity index (χ0n) is 17.2. The number of carbonyl (C=O) groups is 2. The molecule has 0 bridgehead atoms. The van der Waals surface area contributed by atoms with E-state index in [0.29, 0.717) is 29.7 Å². The van der Waals surface area contributed by atoms with Gasteiger partial charge in [0.25, 0.3) is 11.8 Å². The fourth-order valence-corrected chi connectivity index (χ4v) is 5.03. The van der Waals surface area contributed by atoms with Crippen LogP contribution in [0.3, 0.4) is 0 Å². The van der Waals surface area contributed by atoms with E-state index in [9.17, 15) is 18.0 Å². The van der Waals surface area contributed by atoms with Gasteiger partial charge in [-0.3, -0.25) is 14.3 Å². The van der Waals surface area contributed by atoms with Gasteiger partial charge in [0, 0.05) is 32.6 Å². The van der Waals surface area contributed by atoms with Crippen molar-refractivity contribution in [2.45, 2.75) is 18.2 Å². The Balaban J connectivity index is 1.72. The molecule has 2 aromatic heterocycles. The zero-order valence-corrected chi connectivity index (χ0v) is 18.7. The van der Waals surface area contributed by atoms with E-state index in [0.717, 1.165) is 6.26 Å². The zero-order chi connectivity index (χ0) is 22.5. The SMILES string of the molecule is Cc1nn(C)c2ncc(C(=O)N3CCCN3C(=O)c3ccccc3S(C)(=O)=O)c(Cl)c12. The van der Waals surface area contributed by atoms with Crippen LogP contribution in [0.2, 0.25) is 5.02 Å². The minimum absolute atomic E-state index is 0.0208. The van der Waals surface area contributed by atoms with Crippen molar-refractivity contribution in [1.82, 2.24) is 24.8 Å². The topological polar surface area (TPSA) is 105 Å². The maximum atomic E-state index is 13.3. The normalized spacial score (nSPS) is 14.5. The maximum Gasteiger partial charge on any atom is 0.275 e. The first-order chi connectivity index (χ1) is 14.6. The molecule has 11 heteroatoms. The van der Waals surface area contributed by atoms with Gasteiger partial charge < -0.3 is 0 Å². The maximum absolute atomic E-state index is 13.3. The van der Waals surface area contributed by atoms with Crippen molar-refractivity contribution in [3.05, 3.63) is 52.3 Å². The van der Waals surface area contributed by atoms with Crippen LogP contribution in [0.5, 0.6) is 0 Å². The van der Waals surface area contributed by atoms with E-state index in [4.69, 9.17) is 11.6 Å². The van der Waals surface area contributed by atoms with Gasteiger partial charge in [-0.05, 0) is 25.5 Å². The Morgan fingerprint density at radius 1 is 1.06 bits per heavy atom. The summed E-state index contributed by atoms with van der Waals surface area (Å²) in [6, 6.07) is 5.96. The van der Waals surface area contributed by atoms with Crippen molar-refractivity contribution >= 4 is 44.3 Å². The van der Waals surface area contributed by atoms with Crippen LogP contribution >= 0.6 is 11.6 Å². The van der Waals surface area contributed by atoms with Gasteiger partial charge in [-0.2, -0.15) is 5.10 Å². The van der Waals surface area contributed by atoms with Crippen LogP contribution in [-0.2, 0) is 16.9 Å². The van der Waals surface area contributed by atoms with Crippen molar-refractivity contribution in [3.8, 4) is 0 Å². The number of nitrogens with zero attached hydrogens (tertiary/aromatic N) is 5. The van der Waals surface area contributed by atoms with Gasteiger partial charge in [-0.15, -0.1) is 0 Å². The molecule has 0 aliphatic carbocycles. The highest BCUT2D eigenvalue weighted by Gasteiger charge is 2.35. The predicted octanol–water partition coefficient (Wildman–Crippen LogP) is 2.24. The Hall–Kier alpha value is -2.98. The number of amides is 2. The van der Waals surface area contributed by atoms with Crippen molar-refractivity contribution in [2.24, 2.45) is 7.05 Å². The molecule has 0 unspecified atom stereocenters. The first kappa shape index (κ1) is 21.3. The van der Waals surface area contributed by atoms with Crippen molar-refractivity contribution in [2.75, 3.05) is 19.3 Å². The summed E-state index contributed by atoms with van der Waals surface area (Å²) in [4.78, 5) is 30.8. The average Bonchev–Trinajstić information content (AvgIpc) is 3.31. The fourth-order valence-electron chi connectivity index (χ4n) is 3.80. The number of aromatic nitrogens is 3. The molecule has 1 saturated heterocycles. The summed E-state index contributed by atoms with van der Waals surface area (Å²) >= 11 is 6.54. The predicted molar refractivity (Wildman–Crippen MR) is 114 cm³/mol. The Morgan fingerprint density at radius 2 is 1.68 bits per heavy atom. The van der Waals surface area contributed by atoms with Gasteiger partial charge in [-0.1, -0.05) is 23.7 Å². The number of carbonyl (C=O) groups excluding carboxylic acids is 2. The molecule has 0 atom stereocenters. The van der Waals surface area contributed by atoms with E-state index in [2.05, 4.69) is 10.1 Å². The lowest BCUT2D eigenvalue weighted by Crippen LogP contribution is -2.45. The Labute approximate surface area is 184 Å². The van der Waals surface area contributed by atoms with E-state index in [-0.39, 0.29) is 27.6 Å². The van der Waals surface area contributed by atoms with Gasteiger partial charge in [-0.25, -0.2) is 23.4 Å². The molecule has 0 spiro atoms. The van der Waals surface area contributed by atoms with Gasteiger partial charge in [0.2, 0.25) is 0 Å². The summed E-state index contributed by atoms with van der Waals surface area (Å²) in [6.45, 7) is 2.35. The largest absolute Gasteiger partial charge is 0.275 e. The van der Waals surface area contributed by atoms with Crippen LogP contribution in [0.1, 0.15) is 32.8 Å². The van der Waals surface area contributed by atoms with Crippen LogP contribution in [0.15, 0.2) is 35.4 Å². The number of hydrazine groups is 1. The second-order valence-corrected chi connectivity index (χ2v) is 9.73. The molecule has 1 fully saturated rings. The molecule has 2 amide bonds. The van der Waals surface area contributed by atoms with E-state index >= 15 is 0 Å². The highest BCUT2D eigenvalue weighted by atomic mass is 35.5. The molecule has 4 rings (SSSR count). The molecular formula is C20H20ClN5O4S. The number of halogens is 1. The van der Waals surface area contributed by atoms with Crippen LogP contribution in [0.4, 0.5) is 0 Å². The van der Waals surface area contributed by atoms with Crippen molar-refractivity contribution < 1.29 is 18.0 Å². The third-order valence-corrected chi connectivity index (χ3v) is 6.76. The summed E-state index contributed by atoms with van der Waals surface area (Å²) in [5, 5.41) is 7.65. The Kier molecular flexibility index (Phi) is 5.22. The lowest BCUT2D eigenvalue weighted by atomic mass is 10.2. The number of fused-ring (bicyclic) bond motifs is 1. The highest BCUT2D eigenvalue weighted by molar-refractivity contribution is 7.90. The Bertz CT molecular complexity index is 1330. The molecule has 1 aliphatic rings. The van der Waals surface area contributed by atoms with Gasteiger partial charge in [0.05, 0.1) is 32.1 Å². The van der Waals surface area contributed by atoms with E-state index in [1.807, 2.05) is 0 Å². The van der Waals surface area contributed by atoms with Crippen molar-refractivity contribution in [3.63, 3.8) is 0 Å². The number of aryl methyl sites for hydroxylation is 2. The summed E-state index contributed by atoms with van der Waals surface area (Å²) in [5.74, 6) is -1.04. The standard InChI is InChI=1S/C20H20ClN5O4S/c1-12-16-17(21)14(11-22-18(16)24(2)23-12)20(28)26-10-6-9-25(26)19(27)13-7-4-5-8-15(13)31(3,29)30/h4-5,7-8,11H,6,9-10H2,1-3H3. The molecule has 0 radical (unpaired) electrons. The molecular weight excluding hydrogens is 442 g/mol. The quantitative estimate of drug-likeness (QED) is 0.592. The summed E-state index contributed by atoms with van der Waals surface area (Å²) in [6.07, 6.45) is 2.97. The fraction of sp³-hybridized carbons (Fsp3) is 0.300. The number of benzene rings is 1. The van der Waals surface area contributed by atoms with Crippen LogP contribution in [-0.4, -0.2) is 64.4 Å². The average molecular weight is 462 g/mol. The third kappa shape index (κ3) is 3.55. The number of hydrogen-bond acceptors (Lipinski definition) is 6. The molecule has 1 aliphatic heterocycles.